The zero-order chi connectivity index (χ0) is 35.0. The van der Waals surface area contributed by atoms with E-state index in [4.69, 9.17) is 0 Å². The molecule has 0 N–H and O–H groups in total. The second-order valence-corrected chi connectivity index (χ2v) is 9.66. The standard InChI is InChI=1S/C34H10F6N6O2/c35-33(36,37)47-31-27-21(15-45)23(17-7-3-1-4-8-17)25(19(11-41)12-42)29(27)32(48-34(38,39)40)28-22(16-46)24(18-9-5-2-6-10-18)26(30(28)31)20(13-43)14-44/h1-10H. The number of allylic oxidation sites excluding steroid dienone is 8. The van der Waals surface area contributed by atoms with Gasteiger partial charge in [-0.3, -0.25) is 0 Å². The van der Waals surface area contributed by atoms with E-state index in [2.05, 4.69) is 9.47 Å². The molecule has 0 bridgehead atoms. The van der Waals surface area contributed by atoms with Gasteiger partial charge in [-0.1, -0.05) is 60.7 Å². The van der Waals surface area contributed by atoms with Crippen molar-refractivity contribution in [1.29, 1.82) is 31.6 Å². The number of nitrogens with zero attached hydrogens (tertiary/aromatic N) is 6. The zero-order valence-corrected chi connectivity index (χ0v) is 23.5. The van der Waals surface area contributed by atoms with Crippen molar-refractivity contribution in [2.24, 2.45) is 0 Å². The van der Waals surface area contributed by atoms with Gasteiger partial charge in [0.25, 0.3) is 0 Å². The highest BCUT2D eigenvalue weighted by Gasteiger charge is 2.49. The van der Waals surface area contributed by atoms with E-state index in [1.165, 1.54) is 84.9 Å². The number of nitriles is 6. The molecule has 2 aliphatic rings. The SMILES string of the molecule is N#CC(C#N)=C1C(c2ccccc2)=C(C#N)c2c(OC(F)(F)F)c3c(c(OC(F)(F)F)c21)C(C#N)=C(c1ccccc1)C3=C(C#N)C#N. The Labute approximate surface area is 266 Å². The van der Waals surface area contributed by atoms with Gasteiger partial charge in [0.2, 0.25) is 0 Å². The lowest BCUT2D eigenvalue weighted by Crippen LogP contribution is -2.22. The number of hydrogen-bond donors (Lipinski definition) is 0. The van der Waals surface area contributed by atoms with Crippen LogP contribution in [0.15, 0.2) is 71.8 Å². The molecule has 0 amide bonds. The highest BCUT2D eigenvalue weighted by Crippen LogP contribution is 2.63. The van der Waals surface area contributed by atoms with E-state index in [-0.39, 0.29) is 11.1 Å². The highest BCUT2D eigenvalue weighted by atomic mass is 19.4. The second-order valence-electron chi connectivity index (χ2n) is 9.66. The summed E-state index contributed by atoms with van der Waals surface area (Å²) in [7, 11) is 0. The first-order valence-electron chi connectivity index (χ1n) is 13.1. The summed E-state index contributed by atoms with van der Waals surface area (Å²) in [6, 6.07) is 23.4. The molecule has 3 aromatic carbocycles. The lowest BCUT2D eigenvalue weighted by molar-refractivity contribution is -0.277. The average molecular weight is 648 g/mol. The number of alkyl halides is 6. The quantitative estimate of drug-likeness (QED) is 0.203. The van der Waals surface area contributed by atoms with Crippen LogP contribution in [-0.2, 0) is 0 Å². The van der Waals surface area contributed by atoms with Gasteiger partial charge < -0.3 is 9.47 Å². The summed E-state index contributed by atoms with van der Waals surface area (Å²) >= 11 is 0. The Morgan fingerprint density at radius 2 is 0.792 bits per heavy atom. The van der Waals surface area contributed by atoms with Crippen molar-refractivity contribution in [2.75, 3.05) is 0 Å². The maximum absolute atomic E-state index is 14.3. The molecule has 0 aliphatic heterocycles. The van der Waals surface area contributed by atoms with Crippen LogP contribution in [0.5, 0.6) is 11.5 Å². The van der Waals surface area contributed by atoms with Crippen molar-refractivity contribution in [3.05, 3.63) is 105 Å². The summed E-state index contributed by atoms with van der Waals surface area (Å²) < 4.78 is 94.7. The minimum absolute atomic E-state index is 0.00542. The molecule has 0 heterocycles. The molecule has 5 rings (SSSR count). The first-order chi connectivity index (χ1) is 22.8. The first kappa shape index (κ1) is 32.1. The third-order valence-electron chi connectivity index (χ3n) is 7.14. The molecule has 3 aromatic rings. The molecular formula is C34H10F6N6O2. The van der Waals surface area contributed by atoms with Gasteiger partial charge in [0, 0.05) is 44.5 Å². The van der Waals surface area contributed by atoms with Crippen LogP contribution in [0.3, 0.4) is 0 Å². The van der Waals surface area contributed by atoms with Crippen LogP contribution in [0.1, 0.15) is 33.4 Å². The minimum Gasteiger partial charge on any atom is -0.404 e. The predicted octanol–water partition coefficient (Wildman–Crippen LogP) is 7.98. The van der Waals surface area contributed by atoms with Crippen molar-refractivity contribution in [3.8, 4) is 47.9 Å². The summed E-state index contributed by atoms with van der Waals surface area (Å²) in [6.07, 6.45) is -11.2. The van der Waals surface area contributed by atoms with Crippen LogP contribution in [0, 0.1) is 68.0 Å². The van der Waals surface area contributed by atoms with Crippen LogP contribution in [0.4, 0.5) is 26.3 Å². The Bertz CT molecular complexity index is 2110. The number of ether oxygens (including phenoxy) is 2. The molecule has 0 radical (unpaired) electrons. The maximum Gasteiger partial charge on any atom is 0.573 e. The third kappa shape index (κ3) is 5.23. The van der Waals surface area contributed by atoms with Crippen LogP contribution in [0.2, 0.25) is 0 Å². The van der Waals surface area contributed by atoms with Gasteiger partial charge in [-0.2, -0.15) is 31.6 Å². The largest absolute Gasteiger partial charge is 0.573 e. The molecule has 0 spiro atoms. The molecule has 0 unspecified atom stereocenters. The number of halogens is 6. The molecule has 0 atom stereocenters. The van der Waals surface area contributed by atoms with E-state index in [1.54, 1.807) is 12.1 Å². The number of hydrogen-bond acceptors (Lipinski definition) is 8. The number of rotatable bonds is 4. The maximum atomic E-state index is 14.3. The molecule has 230 valence electrons. The lowest BCUT2D eigenvalue weighted by atomic mass is 9.88. The van der Waals surface area contributed by atoms with E-state index in [0.29, 0.717) is 0 Å². The summed E-state index contributed by atoms with van der Waals surface area (Å²) in [6.45, 7) is 0. The van der Waals surface area contributed by atoms with Crippen LogP contribution < -0.4 is 9.47 Å². The van der Waals surface area contributed by atoms with Crippen molar-refractivity contribution in [2.45, 2.75) is 12.7 Å². The van der Waals surface area contributed by atoms with E-state index >= 15 is 0 Å². The lowest BCUT2D eigenvalue weighted by Gasteiger charge is -2.23. The van der Waals surface area contributed by atoms with Crippen LogP contribution in [0.25, 0.3) is 33.4 Å². The Morgan fingerprint density at radius 1 is 0.479 bits per heavy atom. The molecule has 48 heavy (non-hydrogen) atoms. The van der Waals surface area contributed by atoms with Gasteiger partial charge in [0.05, 0.1) is 11.1 Å². The smallest absolute Gasteiger partial charge is 0.404 e. The van der Waals surface area contributed by atoms with Gasteiger partial charge in [0.1, 0.15) is 59.1 Å². The predicted molar refractivity (Wildman–Crippen MR) is 154 cm³/mol. The summed E-state index contributed by atoms with van der Waals surface area (Å²) in [5.41, 5.74) is -9.49. The Balaban J connectivity index is 2.20. The monoisotopic (exact) mass is 648 g/mol. The Kier molecular flexibility index (Phi) is 7.98. The summed E-state index contributed by atoms with van der Waals surface area (Å²) in [4.78, 5) is 0. The van der Waals surface area contributed by atoms with E-state index in [0.717, 1.165) is 0 Å². The normalized spacial score (nSPS) is 13.2. The molecule has 2 aliphatic carbocycles. The van der Waals surface area contributed by atoms with Gasteiger partial charge in [-0.05, 0) is 11.1 Å². The number of benzene rings is 3. The molecular weight excluding hydrogens is 638 g/mol. The molecule has 8 nitrogen and oxygen atoms in total. The zero-order valence-electron chi connectivity index (χ0n) is 23.5. The van der Waals surface area contributed by atoms with E-state index in [9.17, 15) is 57.9 Å². The van der Waals surface area contributed by atoms with Crippen molar-refractivity contribution >= 4 is 33.4 Å². The highest BCUT2D eigenvalue weighted by molar-refractivity contribution is 6.32. The topological polar surface area (TPSA) is 161 Å². The van der Waals surface area contributed by atoms with E-state index < -0.39 is 91.1 Å². The summed E-state index contributed by atoms with van der Waals surface area (Å²) in [5, 5.41) is 60.5. The third-order valence-corrected chi connectivity index (χ3v) is 7.14. The summed E-state index contributed by atoms with van der Waals surface area (Å²) in [5.74, 6) is -2.73. The molecule has 0 saturated heterocycles. The first-order valence-corrected chi connectivity index (χ1v) is 13.1. The van der Waals surface area contributed by atoms with Crippen LogP contribution >= 0.6 is 0 Å². The van der Waals surface area contributed by atoms with E-state index in [1.807, 2.05) is 0 Å². The second kappa shape index (κ2) is 11.9. The fourth-order valence-electron chi connectivity index (χ4n) is 5.63. The Morgan fingerprint density at radius 3 is 1.04 bits per heavy atom. The van der Waals surface area contributed by atoms with Gasteiger partial charge >= 0.3 is 12.7 Å². The molecule has 0 saturated carbocycles. The van der Waals surface area contributed by atoms with Gasteiger partial charge in [-0.25, -0.2) is 0 Å². The van der Waals surface area contributed by atoms with Crippen molar-refractivity contribution in [3.63, 3.8) is 0 Å². The Hall–Kier alpha value is -7.26. The number of fused-ring (bicyclic) bond motifs is 2. The minimum atomic E-state index is -5.62. The molecule has 0 aromatic heterocycles. The van der Waals surface area contributed by atoms with Crippen molar-refractivity contribution < 1.29 is 35.8 Å². The fraction of sp³-hybridized carbons (Fsp3) is 0.0588. The van der Waals surface area contributed by atoms with Crippen LogP contribution in [-0.4, -0.2) is 12.7 Å². The molecule has 14 heteroatoms. The molecule has 0 fully saturated rings. The fourth-order valence-corrected chi connectivity index (χ4v) is 5.63. The van der Waals surface area contributed by atoms with Gasteiger partial charge in [-0.15, -0.1) is 26.3 Å². The average Bonchev–Trinajstić information content (AvgIpc) is 3.58. The van der Waals surface area contributed by atoms with Gasteiger partial charge in [0.15, 0.2) is 0 Å². The van der Waals surface area contributed by atoms with Crippen molar-refractivity contribution in [1.82, 2.24) is 0 Å².